The molecule has 0 saturated carbocycles. The van der Waals surface area contributed by atoms with Crippen LogP contribution in [0.25, 0.3) is 0 Å². The normalized spacial score (nSPS) is 16.1. The average molecular weight is 425 g/mol. The van der Waals surface area contributed by atoms with Crippen molar-refractivity contribution in [1.29, 1.82) is 5.41 Å². The molecule has 1 amide bonds. The second-order valence-corrected chi connectivity index (χ2v) is 8.36. The van der Waals surface area contributed by atoms with Gasteiger partial charge in [0.2, 0.25) is 0 Å². The Bertz CT molecular complexity index is 995. The summed E-state index contributed by atoms with van der Waals surface area (Å²) in [6.45, 7) is 8.04. The number of ether oxygens (including phenoxy) is 3. The largest absolute Gasteiger partial charge is 0.490 e. The van der Waals surface area contributed by atoms with Crippen LogP contribution in [0.1, 0.15) is 38.8 Å². The number of rotatable bonds is 6. The highest BCUT2D eigenvalue weighted by Crippen LogP contribution is 2.35. The zero-order chi connectivity index (χ0) is 22.8. The SMILES string of the molecule is CC(=O)Oc1c(C(=N)N)cccc1N1CC(COc2ccc(C(C)(C)C)cc2)OC1=O. The summed E-state index contributed by atoms with van der Waals surface area (Å²) < 4.78 is 16.5. The third kappa shape index (κ3) is 5.14. The fourth-order valence-electron chi connectivity index (χ4n) is 3.25. The lowest BCUT2D eigenvalue weighted by atomic mass is 9.87. The van der Waals surface area contributed by atoms with Crippen molar-refractivity contribution in [3.8, 4) is 11.5 Å². The number of nitrogens with zero attached hydrogens (tertiary/aromatic N) is 1. The van der Waals surface area contributed by atoms with Gasteiger partial charge >= 0.3 is 12.1 Å². The van der Waals surface area contributed by atoms with Crippen molar-refractivity contribution in [1.82, 2.24) is 0 Å². The van der Waals surface area contributed by atoms with Crippen LogP contribution in [0.15, 0.2) is 42.5 Å². The number of benzene rings is 2. The number of carbonyl (C=O) groups excluding carboxylic acids is 2. The zero-order valence-corrected chi connectivity index (χ0v) is 18.1. The lowest BCUT2D eigenvalue weighted by Crippen LogP contribution is -2.28. The van der Waals surface area contributed by atoms with Crippen LogP contribution in [0.3, 0.4) is 0 Å². The molecule has 2 aromatic rings. The van der Waals surface area contributed by atoms with Gasteiger partial charge in [0.05, 0.1) is 17.8 Å². The van der Waals surface area contributed by atoms with Gasteiger partial charge in [0.1, 0.15) is 18.2 Å². The van der Waals surface area contributed by atoms with E-state index in [1.807, 2.05) is 24.3 Å². The molecule has 0 aliphatic carbocycles. The number of carbonyl (C=O) groups is 2. The Labute approximate surface area is 181 Å². The van der Waals surface area contributed by atoms with E-state index in [1.54, 1.807) is 18.2 Å². The highest BCUT2D eigenvalue weighted by molar-refractivity contribution is 6.02. The molecule has 1 saturated heterocycles. The summed E-state index contributed by atoms with van der Waals surface area (Å²) in [7, 11) is 0. The van der Waals surface area contributed by atoms with E-state index in [0.29, 0.717) is 11.4 Å². The maximum Gasteiger partial charge on any atom is 0.415 e. The van der Waals surface area contributed by atoms with E-state index in [2.05, 4.69) is 20.8 Å². The number of esters is 1. The summed E-state index contributed by atoms with van der Waals surface area (Å²) in [5, 5.41) is 7.72. The van der Waals surface area contributed by atoms with Gasteiger partial charge in [-0.2, -0.15) is 0 Å². The predicted molar refractivity (Wildman–Crippen MR) is 117 cm³/mol. The number of cyclic esters (lactones) is 1. The van der Waals surface area contributed by atoms with Crippen LogP contribution >= 0.6 is 0 Å². The molecule has 1 aliphatic rings. The second kappa shape index (κ2) is 8.67. The van der Waals surface area contributed by atoms with Crippen molar-refractivity contribution in [2.45, 2.75) is 39.2 Å². The molecule has 0 radical (unpaired) electrons. The number of para-hydroxylation sites is 1. The number of hydrogen-bond acceptors (Lipinski definition) is 6. The van der Waals surface area contributed by atoms with E-state index in [-0.39, 0.29) is 35.7 Å². The summed E-state index contributed by atoms with van der Waals surface area (Å²) in [5.41, 5.74) is 7.38. The number of hydrogen-bond donors (Lipinski definition) is 2. The Morgan fingerprint density at radius 2 is 1.90 bits per heavy atom. The van der Waals surface area contributed by atoms with E-state index in [4.69, 9.17) is 25.4 Å². The van der Waals surface area contributed by atoms with Gasteiger partial charge in [-0.25, -0.2) is 4.79 Å². The van der Waals surface area contributed by atoms with E-state index < -0.39 is 18.2 Å². The first-order chi connectivity index (χ1) is 14.6. The van der Waals surface area contributed by atoms with Gasteiger partial charge in [-0.15, -0.1) is 0 Å². The Morgan fingerprint density at radius 3 is 2.48 bits per heavy atom. The Morgan fingerprint density at radius 1 is 1.23 bits per heavy atom. The smallest absolute Gasteiger partial charge is 0.415 e. The van der Waals surface area contributed by atoms with Gasteiger partial charge in [0.15, 0.2) is 11.9 Å². The summed E-state index contributed by atoms with van der Waals surface area (Å²) in [4.78, 5) is 25.4. The molecule has 0 aromatic heterocycles. The molecule has 164 valence electrons. The van der Waals surface area contributed by atoms with Gasteiger partial charge in [-0.05, 0) is 35.2 Å². The van der Waals surface area contributed by atoms with Crippen molar-refractivity contribution in [3.05, 3.63) is 53.6 Å². The molecule has 8 heteroatoms. The van der Waals surface area contributed by atoms with Crippen molar-refractivity contribution in [2.24, 2.45) is 5.73 Å². The maximum absolute atomic E-state index is 12.5. The third-order valence-corrected chi connectivity index (χ3v) is 4.85. The minimum atomic E-state index is -0.592. The lowest BCUT2D eigenvalue weighted by Gasteiger charge is -2.19. The van der Waals surface area contributed by atoms with E-state index in [1.165, 1.54) is 17.4 Å². The number of nitrogens with one attached hydrogen (secondary N) is 1. The average Bonchev–Trinajstić information content (AvgIpc) is 3.06. The van der Waals surface area contributed by atoms with Gasteiger partial charge < -0.3 is 19.9 Å². The predicted octanol–water partition coefficient (Wildman–Crippen LogP) is 3.60. The Balaban J connectivity index is 1.73. The summed E-state index contributed by atoms with van der Waals surface area (Å²) in [6.07, 6.45) is -1.10. The fraction of sp³-hybridized carbons (Fsp3) is 0.348. The number of amidine groups is 1. The van der Waals surface area contributed by atoms with Crippen LogP contribution in [0.4, 0.5) is 10.5 Å². The molecule has 1 aliphatic heterocycles. The molecule has 1 unspecified atom stereocenters. The van der Waals surface area contributed by atoms with Gasteiger partial charge in [-0.3, -0.25) is 15.1 Å². The lowest BCUT2D eigenvalue weighted by molar-refractivity contribution is -0.131. The molecule has 1 heterocycles. The first kappa shape index (κ1) is 22.1. The van der Waals surface area contributed by atoms with Crippen LogP contribution in [-0.4, -0.2) is 37.2 Å². The quantitative estimate of drug-likeness (QED) is 0.316. The van der Waals surface area contributed by atoms with Crippen molar-refractivity contribution in [3.63, 3.8) is 0 Å². The highest BCUT2D eigenvalue weighted by Gasteiger charge is 2.35. The molecule has 1 atom stereocenters. The van der Waals surface area contributed by atoms with Crippen molar-refractivity contribution < 1.29 is 23.8 Å². The first-order valence-electron chi connectivity index (χ1n) is 9.93. The van der Waals surface area contributed by atoms with E-state index in [9.17, 15) is 9.59 Å². The minimum absolute atomic E-state index is 0.0497. The third-order valence-electron chi connectivity index (χ3n) is 4.85. The van der Waals surface area contributed by atoms with Gasteiger partial charge in [-0.1, -0.05) is 39.0 Å². The number of anilines is 1. The van der Waals surface area contributed by atoms with Crippen LogP contribution in [-0.2, 0) is 14.9 Å². The number of amides is 1. The number of nitrogen functional groups attached to an aromatic ring is 1. The topological polar surface area (TPSA) is 115 Å². The van der Waals surface area contributed by atoms with Crippen LogP contribution in [0, 0.1) is 5.41 Å². The van der Waals surface area contributed by atoms with Crippen LogP contribution in [0.5, 0.6) is 11.5 Å². The molecule has 1 fully saturated rings. The van der Waals surface area contributed by atoms with Crippen LogP contribution < -0.4 is 20.1 Å². The molecular weight excluding hydrogens is 398 g/mol. The summed E-state index contributed by atoms with van der Waals surface area (Å²) in [5.74, 6) is -0.120. The summed E-state index contributed by atoms with van der Waals surface area (Å²) in [6, 6.07) is 12.6. The standard InChI is InChI=1S/C23H27N3O5/c1-14(27)30-20-18(21(24)25)6-5-7-19(20)26-12-17(31-22(26)28)13-29-16-10-8-15(9-11-16)23(2,3)4/h5-11,17H,12-13H2,1-4H3,(H3,24,25). The van der Waals surface area contributed by atoms with Gasteiger partial charge in [0.25, 0.3) is 0 Å². The monoisotopic (exact) mass is 425 g/mol. The summed E-state index contributed by atoms with van der Waals surface area (Å²) >= 11 is 0. The number of nitrogens with two attached hydrogens (primary N) is 1. The van der Waals surface area contributed by atoms with E-state index in [0.717, 1.165) is 0 Å². The van der Waals surface area contributed by atoms with Gasteiger partial charge in [0, 0.05) is 6.92 Å². The fourth-order valence-corrected chi connectivity index (χ4v) is 3.25. The Kier molecular flexibility index (Phi) is 6.19. The van der Waals surface area contributed by atoms with E-state index >= 15 is 0 Å². The molecular formula is C23H27N3O5. The van der Waals surface area contributed by atoms with Crippen LogP contribution in [0.2, 0.25) is 0 Å². The highest BCUT2D eigenvalue weighted by atomic mass is 16.6. The minimum Gasteiger partial charge on any atom is -0.490 e. The zero-order valence-electron chi connectivity index (χ0n) is 18.1. The van der Waals surface area contributed by atoms with Crippen molar-refractivity contribution >= 4 is 23.6 Å². The molecule has 0 spiro atoms. The second-order valence-electron chi connectivity index (χ2n) is 8.36. The molecule has 3 rings (SSSR count). The molecule has 0 bridgehead atoms. The molecule has 2 aromatic carbocycles. The molecule has 31 heavy (non-hydrogen) atoms. The Hall–Kier alpha value is -3.55. The molecule has 3 N–H and O–H groups in total. The van der Waals surface area contributed by atoms with Crippen molar-refractivity contribution in [2.75, 3.05) is 18.1 Å². The molecule has 8 nitrogen and oxygen atoms in total. The maximum atomic E-state index is 12.5. The first-order valence-corrected chi connectivity index (χ1v) is 9.93.